The molecule has 14 heavy (non-hydrogen) atoms. The summed E-state index contributed by atoms with van der Waals surface area (Å²) in [6.45, 7) is 0. The minimum absolute atomic E-state index is 0.111. The number of aromatic amines is 1. The number of hydrogen-bond donors (Lipinski definition) is 1. The van der Waals surface area contributed by atoms with Gasteiger partial charge in [0.1, 0.15) is 0 Å². The molecule has 0 saturated heterocycles. The Hall–Kier alpha value is -1.23. The summed E-state index contributed by atoms with van der Waals surface area (Å²) in [6, 6.07) is 0. The van der Waals surface area contributed by atoms with Gasteiger partial charge in [0, 0.05) is 17.6 Å². The number of hydrogen-bond acceptors (Lipinski definition) is 2. The van der Waals surface area contributed by atoms with Crippen molar-refractivity contribution >= 4 is 17.9 Å². The summed E-state index contributed by atoms with van der Waals surface area (Å²) >= 11 is 5.39. The highest BCUT2D eigenvalue weighted by atomic mass is 35.5. The number of aldehydes is 1. The summed E-state index contributed by atoms with van der Waals surface area (Å²) in [5.74, 6) is -0.294. The van der Waals surface area contributed by atoms with Crippen LogP contribution in [0.4, 0.5) is 8.78 Å². The highest BCUT2D eigenvalue weighted by Crippen LogP contribution is 2.23. The van der Waals surface area contributed by atoms with Gasteiger partial charge in [0.2, 0.25) is 0 Å². The summed E-state index contributed by atoms with van der Waals surface area (Å²) in [6.07, 6.45) is -1.67. The number of pyridine rings is 1. The molecule has 1 heterocycles. The molecule has 1 N–H and O–H groups in total. The number of carbonyl (C=O) groups is 1. The molecule has 1 aromatic heterocycles. The number of H-pyrrole nitrogens is 1. The largest absolute Gasteiger partial charge is 0.328 e. The topological polar surface area (TPSA) is 49.9 Å². The fraction of sp³-hybridized carbons (Fsp3) is 0.250. The normalized spacial score (nSPS) is 10.6. The second-order valence-electron chi connectivity index (χ2n) is 2.52. The van der Waals surface area contributed by atoms with Gasteiger partial charge >= 0.3 is 0 Å². The maximum absolute atomic E-state index is 12.4. The lowest BCUT2D eigenvalue weighted by Crippen LogP contribution is -2.16. The van der Waals surface area contributed by atoms with Crippen LogP contribution in [0.1, 0.15) is 27.9 Å². The second kappa shape index (κ2) is 4.32. The van der Waals surface area contributed by atoms with E-state index in [9.17, 15) is 18.4 Å². The van der Waals surface area contributed by atoms with Crippen LogP contribution in [0.5, 0.6) is 0 Å². The average molecular weight is 222 g/mol. The van der Waals surface area contributed by atoms with Crippen molar-refractivity contribution in [3.63, 3.8) is 0 Å². The van der Waals surface area contributed by atoms with Crippen LogP contribution in [0.15, 0.2) is 11.0 Å². The molecule has 0 fully saturated rings. The van der Waals surface area contributed by atoms with Gasteiger partial charge in [-0.15, -0.1) is 11.6 Å². The van der Waals surface area contributed by atoms with E-state index >= 15 is 0 Å². The zero-order valence-corrected chi connectivity index (χ0v) is 7.65. The van der Waals surface area contributed by atoms with Crippen LogP contribution in [0.2, 0.25) is 0 Å². The molecule has 0 unspecified atom stereocenters. The molecule has 76 valence electrons. The highest BCUT2D eigenvalue weighted by molar-refractivity contribution is 6.17. The van der Waals surface area contributed by atoms with Gasteiger partial charge < -0.3 is 4.98 Å². The van der Waals surface area contributed by atoms with E-state index in [4.69, 9.17) is 11.6 Å². The van der Waals surface area contributed by atoms with Crippen molar-refractivity contribution in [2.24, 2.45) is 0 Å². The summed E-state index contributed by atoms with van der Waals surface area (Å²) < 4.78 is 24.7. The molecule has 0 aromatic carbocycles. The van der Waals surface area contributed by atoms with Crippen molar-refractivity contribution in [2.75, 3.05) is 0 Å². The van der Waals surface area contributed by atoms with Crippen LogP contribution >= 0.6 is 11.6 Å². The Morgan fingerprint density at radius 3 is 2.64 bits per heavy atom. The van der Waals surface area contributed by atoms with Crippen LogP contribution in [-0.2, 0) is 5.88 Å². The molecule has 0 amide bonds. The minimum Gasteiger partial charge on any atom is -0.328 e. The fourth-order valence-electron chi connectivity index (χ4n) is 1.07. The molecule has 0 atom stereocenters. The number of carbonyl (C=O) groups excluding carboxylic acids is 1. The maximum atomic E-state index is 12.4. The van der Waals surface area contributed by atoms with Crippen LogP contribution in [0, 0.1) is 0 Å². The van der Waals surface area contributed by atoms with Gasteiger partial charge in [-0.2, -0.15) is 0 Å². The molecule has 0 spiro atoms. The third-order valence-electron chi connectivity index (χ3n) is 1.76. The quantitative estimate of drug-likeness (QED) is 0.626. The predicted molar refractivity (Wildman–Crippen MR) is 47.0 cm³/mol. The smallest absolute Gasteiger partial charge is 0.265 e. The third-order valence-corrected chi connectivity index (χ3v) is 2.03. The lowest BCUT2D eigenvalue weighted by Gasteiger charge is -2.06. The molecule has 6 heteroatoms. The first-order valence-corrected chi connectivity index (χ1v) is 4.19. The zero-order valence-electron chi connectivity index (χ0n) is 6.89. The first kappa shape index (κ1) is 10.8. The summed E-state index contributed by atoms with van der Waals surface area (Å²) in [5.41, 5.74) is -1.57. The Morgan fingerprint density at radius 2 is 2.21 bits per heavy atom. The van der Waals surface area contributed by atoms with Crippen LogP contribution < -0.4 is 5.56 Å². The Balaban J connectivity index is 3.48. The Morgan fingerprint density at radius 1 is 1.57 bits per heavy atom. The molecule has 0 saturated carbocycles. The van der Waals surface area contributed by atoms with Crippen LogP contribution in [-0.4, -0.2) is 11.3 Å². The molecule has 0 radical (unpaired) electrons. The van der Waals surface area contributed by atoms with Crippen molar-refractivity contribution < 1.29 is 13.6 Å². The Kier molecular flexibility index (Phi) is 3.35. The van der Waals surface area contributed by atoms with E-state index in [1.807, 2.05) is 0 Å². The van der Waals surface area contributed by atoms with Crippen molar-refractivity contribution in [2.45, 2.75) is 12.3 Å². The van der Waals surface area contributed by atoms with Crippen molar-refractivity contribution in [3.05, 3.63) is 33.2 Å². The number of alkyl halides is 3. The number of rotatable bonds is 3. The molecule has 0 aliphatic rings. The van der Waals surface area contributed by atoms with Gasteiger partial charge in [-0.25, -0.2) is 8.78 Å². The highest BCUT2D eigenvalue weighted by Gasteiger charge is 2.17. The van der Waals surface area contributed by atoms with E-state index in [0.717, 1.165) is 6.20 Å². The van der Waals surface area contributed by atoms with Gasteiger partial charge in [-0.3, -0.25) is 9.59 Å². The Bertz CT molecular complexity index is 403. The maximum Gasteiger partial charge on any atom is 0.265 e. The molecule has 1 aromatic rings. The number of nitrogens with one attached hydrogen (secondary N) is 1. The van der Waals surface area contributed by atoms with Gasteiger partial charge in [-0.05, 0) is 5.56 Å². The second-order valence-corrected chi connectivity index (χ2v) is 2.78. The molecule has 0 bridgehead atoms. The average Bonchev–Trinajstić information content (AvgIpc) is 2.16. The minimum atomic E-state index is -2.76. The molecular formula is C8H6ClF2NO2. The van der Waals surface area contributed by atoms with Crippen LogP contribution in [0.25, 0.3) is 0 Å². The molecule has 1 rings (SSSR count). The van der Waals surface area contributed by atoms with E-state index in [2.05, 4.69) is 4.98 Å². The summed E-state index contributed by atoms with van der Waals surface area (Å²) in [7, 11) is 0. The van der Waals surface area contributed by atoms with Gasteiger partial charge in [0.15, 0.2) is 6.29 Å². The standard InChI is InChI=1S/C8H6ClF2NO2/c9-1-4-5(7(10)11)2-12-8(14)6(4)3-13/h2-3,7H,1H2,(H,12,14). The van der Waals surface area contributed by atoms with E-state index < -0.39 is 17.5 Å². The first-order chi connectivity index (χ1) is 6.61. The molecule has 0 aliphatic carbocycles. The van der Waals surface area contributed by atoms with Crippen molar-refractivity contribution in [3.8, 4) is 0 Å². The molecule has 3 nitrogen and oxygen atoms in total. The monoisotopic (exact) mass is 221 g/mol. The molecule has 0 aliphatic heterocycles. The van der Waals surface area contributed by atoms with Crippen molar-refractivity contribution in [1.82, 2.24) is 4.98 Å². The lowest BCUT2D eigenvalue weighted by molar-refractivity contribution is 0.112. The molecular weight excluding hydrogens is 216 g/mol. The summed E-state index contributed by atoms with van der Waals surface area (Å²) in [5, 5.41) is 0. The van der Waals surface area contributed by atoms with Gasteiger partial charge in [-0.1, -0.05) is 0 Å². The SMILES string of the molecule is O=Cc1c(CCl)c(C(F)F)c[nH]c1=O. The predicted octanol–water partition coefficient (Wildman–Crippen LogP) is 1.86. The fourth-order valence-corrected chi connectivity index (χ4v) is 1.37. The number of aromatic nitrogens is 1. The van der Waals surface area contributed by atoms with E-state index in [1.54, 1.807) is 0 Å². The summed E-state index contributed by atoms with van der Waals surface area (Å²) in [4.78, 5) is 23.5. The number of halogens is 3. The van der Waals surface area contributed by atoms with Gasteiger partial charge in [0.25, 0.3) is 12.0 Å². The van der Waals surface area contributed by atoms with E-state index in [-0.39, 0.29) is 23.3 Å². The lowest BCUT2D eigenvalue weighted by atomic mass is 10.1. The van der Waals surface area contributed by atoms with Crippen molar-refractivity contribution in [1.29, 1.82) is 0 Å². The first-order valence-electron chi connectivity index (χ1n) is 3.65. The van der Waals surface area contributed by atoms with Gasteiger partial charge in [0.05, 0.1) is 5.56 Å². The van der Waals surface area contributed by atoms with E-state index in [1.165, 1.54) is 0 Å². The third kappa shape index (κ3) is 1.82. The van der Waals surface area contributed by atoms with Crippen LogP contribution in [0.3, 0.4) is 0 Å². The Labute approximate surface area is 82.7 Å². The zero-order chi connectivity index (χ0) is 10.7. The van der Waals surface area contributed by atoms with E-state index in [0.29, 0.717) is 0 Å².